The van der Waals surface area contributed by atoms with Gasteiger partial charge in [-0.25, -0.2) is 4.79 Å². The van der Waals surface area contributed by atoms with Crippen LogP contribution in [0, 0.1) is 17.0 Å². The normalized spacial score (nSPS) is 10.4. The van der Waals surface area contributed by atoms with Gasteiger partial charge in [0.05, 0.1) is 16.3 Å². The standard InChI is InChI=1S/C16H13N5O4/c1-10-7-8-12(21(24)25)9-13(10)17-15(22)14-18-16(23)20(19-14)11-5-3-2-4-6-11/h2-9H,1H3,(H,17,22)(H,18,19,23). The second-order valence-electron chi connectivity index (χ2n) is 5.24. The Bertz CT molecular complexity index is 1010. The molecule has 0 saturated carbocycles. The van der Waals surface area contributed by atoms with E-state index in [2.05, 4.69) is 15.4 Å². The van der Waals surface area contributed by atoms with Gasteiger partial charge in [-0.3, -0.25) is 19.9 Å². The molecule has 2 aromatic carbocycles. The van der Waals surface area contributed by atoms with Gasteiger partial charge in [-0.1, -0.05) is 24.3 Å². The summed E-state index contributed by atoms with van der Waals surface area (Å²) in [5.74, 6) is -0.866. The molecule has 2 N–H and O–H groups in total. The van der Waals surface area contributed by atoms with Gasteiger partial charge in [0.15, 0.2) is 0 Å². The Morgan fingerprint density at radius 3 is 2.64 bits per heavy atom. The summed E-state index contributed by atoms with van der Waals surface area (Å²) in [4.78, 5) is 37.0. The Morgan fingerprint density at radius 1 is 1.24 bits per heavy atom. The molecule has 0 aliphatic rings. The Hall–Kier alpha value is -3.75. The third-order valence-electron chi connectivity index (χ3n) is 3.51. The lowest BCUT2D eigenvalue weighted by Crippen LogP contribution is -2.16. The molecule has 0 spiro atoms. The van der Waals surface area contributed by atoms with E-state index < -0.39 is 16.5 Å². The van der Waals surface area contributed by atoms with E-state index in [4.69, 9.17) is 0 Å². The van der Waals surface area contributed by atoms with Crippen molar-refractivity contribution in [2.45, 2.75) is 6.92 Å². The van der Waals surface area contributed by atoms with Crippen LogP contribution in [0.3, 0.4) is 0 Å². The number of rotatable bonds is 4. The van der Waals surface area contributed by atoms with Crippen LogP contribution in [-0.4, -0.2) is 25.6 Å². The third-order valence-corrected chi connectivity index (χ3v) is 3.51. The average molecular weight is 339 g/mol. The summed E-state index contributed by atoms with van der Waals surface area (Å²) in [6, 6.07) is 12.7. The number of nitrogens with one attached hydrogen (secondary N) is 2. The van der Waals surface area contributed by atoms with E-state index in [0.29, 0.717) is 11.3 Å². The minimum atomic E-state index is -0.671. The van der Waals surface area contributed by atoms with Crippen LogP contribution in [0.15, 0.2) is 53.3 Å². The van der Waals surface area contributed by atoms with Gasteiger partial charge in [0.2, 0.25) is 5.82 Å². The number of anilines is 1. The number of nitrogens with zero attached hydrogens (tertiary/aromatic N) is 3. The summed E-state index contributed by atoms with van der Waals surface area (Å²) in [6.07, 6.45) is 0. The zero-order valence-electron chi connectivity index (χ0n) is 13.1. The lowest BCUT2D eigenvalue weighted by molar-refractivity contribution is -0.384. The number of carbonyl (C=O) groups excluding carboxylic acids is 1. The van der Waals surface area contributed by atoms with Crippen LogP contribution in [-0.2, 0) is 0 Å². The molecular weight excluding hydrogens is 326 g/mol. The topological polar surface area (TPSA) is 123 Å². The lowest BCUT2D eigenvalue weighted by Gasteiger charge is -2.06. The molecule has 25 heavy (non-hydrogen) atoms. The first-order valence-electron chi connectivity index (χ1n) is 7.27. The number of aromatic amines is 1. The van der Waals surface area contributed by atoms with Gasteiger partial charge >= 0.3 is 5.69 Å². The number of carbonyl (C=O) groups is 1. The molecule has 0 saturated heterocycles. The first kappa shape index (κ1) is 16.1. The molecule has 0 bridgehead atoms. The monoisotopic (exact) mass is 339 g/mol. The highest BCUT2D eigenvalue weighted by Crippen LogP contribution is 2.22. The Balaban J connectivity index is 1.89. The Kier molecular flexibility index (Phi) is 4.12. The van der Waals surface area contributed by atoms with Crippen LogP contribution in [0.25, 0.3) is 5.69 Å². The number of hydrogen-bond acceptors (Lipinski definition) is 5. The molecule has 1 aromatic heterocycles. The summed E-state index contributed by atoms with van der Waals surface area (Å²) in [5, 5.41) is 17.3. The minimum absolute atomic E-state index is 0.149. The van der Waals surface area contributed by atoms with E-state index in [-0.39, 0.29) is 17.2 Å². The molecule has 0 atom stereocenters. The van der Waals surface area contributed by atoms with E-state index in [1.54, 1.807) is 37.3 Å². The first-order chi connectivity index (χ1) is 12.0. The van der Waals surface area contributed by atoms with Crippen molar-refractivity contribution in [3.8, 4) is 5.69 Å². The van der Waals surface area contributed by atoms with E-state index in [9.17, 15) is 19.7 Å². The highest BCUT2D eigenvalue weighted by molar-refractivity contribution is 6.02. The fraction of sp³-hybridized carbons (Fsp3) is 0.0625. The molecule has 0 radical (unpaired) electrons. The highest BCUT2D eigenvalue weighted by Gasteiger charge is 2.17. The van der Waals surface area contributed by atoms with Gasteiger partial charge in [0.1, 0.15) is 0 Å². The molecule has 0 unspecified atom stereocenters. The zero-order chi connectivity index (χ0) is 18.0. The van der Waals surface area contributed by atoms with Crippen LogP contribution >= 0.6 is 0 Å². The van der Waals surface area contributed by atoms with Gasteiger partial charge in [0, 0.05) is 12.1 Å². The predicted molar refractivity (Wildman–Crippen MR) is 90.0 cm³/mol. The van der Waals surface area contributed by atoms with E-state index in [0.717, 1.165) is 4.68 Å². The predicted octanol–water partition coefficient (Wildman–Crippen LogP) is 2.03. The summed E-state index contributed by atoms with van der Waals surface area (Å²) >= 11 is 0. The fourth-order valence-corrected chi connectivity index (χ4v) is 2.21. The number of amides is 1. The molecule has 0 fully saturated rings. The smallest absolute Gasteiger partial charge is 0.319 e. The van der Waals surface area contributed by atoms with Crippen molar-refractivity contribution < 1.29 is 9.72 Å². The van der Waals surface area contributed by atoms with Crippen LogP contribution in [0.1, 0.15) is 16.2 Å². The van der Waals surface area contributed by atoms with Crippen molar-refractivity contribution in [2.75, 3.05) is 5.32 Å². The van der Waals surface area contributed by atoms with Gasteiger partial charge < -0.3 is 5.32 Å². The number of aromatic nitrogens is 3. The molecule has 3 aromatic rings. The average Bonchev–Trinajstić information content (AvgIpc) is 2.99. The van der Waals surface area contributed by atoms with Crippen molar-refractivity contribution in [2.24, 2.45) is 0 Å². The summed E-state index contributed by atoms with van der Waals surface area (Å²) in [6.45, 7) is 1.70. The number of non-ortho nitro benzene ring substituents is 1. The van der Waals surface area contributed by atoms with Crippen molar-refractivity contribution >= 4 is 17.3 Å². The summed E-state index contributed by atoms with van der Waals surface area (Å²) < 4.78 is 1.06. The fourth-order valence-electron chi connectivity index (χ4n) is 2.21. The molecule has 126 valence electrons. The SMILES string of the molecule is Cc1ccc([N+](=O)[O-])cc1NC(=O)c1nn(-c2ccccc2)c(=O)[nH]1. The number of aryl methyl sites for hydroxylation is 1. The third kappa shape index (κ3) is 3.29. The van der Waals surface area contributed by atoms with Crippen LogP contribution in [0.5, 0.6) is 0 Å². The summed E-state index contributed by atoms with van der Waals surface area (Å²) in [7, 11) is 0. The Labute approximate surface area is 141 Å². The molecule has 0 aliphatic carbocycles. The number of hydrogen-bond donors (Lipinski definition) is 2. The van der Waals surface area contributed by atoms with E-state index >= 15 is 0 Å². The first-order valence-corrected chi connectivity index (χ1v) is 7.27. The molecule has 1 amide bonds. The zero-order valence-corrected chi connectivity index (χ0v) is 13.1. The van der Waals surface area contributed by atoms with E-state index in [1.165, 1.54) is 18.2 Å². The lowest BCUT2D eigenvalue weighted by atomic mass is 10.2. The second-order valence-corrected chi connectivity index (χ2v) is 5.24. The van der Waals surface area contributed by atoms with Crippen molar-refractivity contribution in [1.82, 2.24) is 14.8 Å². The van der Waals surface area contributed by atoms with E-state index in [1.807, 2.05) is 0 Å². The maximum absolute atomic E-state index is 12.3. The van der Waals surface area contributed by atoms with Crippen LogP contribution < -0.4 is 11.0 Å². The molecule has 1 heterocycles. The number of nitro benzene ring substituents is 1. The van der Waals surface area contributed by atoms with Crippen LogP contribution in [0.2, 0.25) is 0 Å². The Morgan fingerprint density at radius 2 is 1.96 bits per heavy atom. The van der Waals surface area contributed by atoms with Crippen molar-refractivity contribution in [3.05, 3.63) is 80.5 Å². The van der Waals surface area contributed by atoms with Crippen LogP contribution in [0.4, 0.5) is 11.4 Å². The molecular formula is C16H13N5O4. The largest absolute Gasteiger partial charge is 0.348 e. The number of nitro groups is 1. The molecule has 3 rings (SSSR count). The maximum Gasteiger partial charge on any atom is 0.348 e. The van der Waals surface area contributed by atoms with Gasteiger partial charge in [-0.05, 0) is 24.6 Å². The number of para-hydroxylation sites is 1. The highest BCUT2D eigenvalue weighted by atomic mass is 16.6. The minimum Gasteiger partial charge on any atom is -0.319 e. The molecule has 0 aliphatic heterocycles. The molecule has 9 nitrogen and oxygen atoms in total. The number of H-pyrrole nitrogens is 1. The van der Waals surface area contributed by atoms with Crippen molar-refractivity contribution in [1.29, 1.82) is 0 Å². The quantitative estimate of drug-likeness (QED) is 0.556. The number of benzene rings is 2. The van der Waals surface area contributed by atoms with Crippen molar-refractivity contribution in [3.63, 3.8) is 0 Å². The van der Waals surface area contributed by atoms with Gasteiger partial charge in [-0.15, -0.1) is 5.10 Å². The van der Waals surface area contributed by atoms with Gasteiger partial charge in [-0.2, -0.15) is 4.68 Å². The second kappa shape index (κ2) is 6.40. The summed E-state index contributed by atoms with van der Waals surface area (Å²) in [5.41, 5.74) is 0.712. The maximum atomic E-state index is 12.3. The van der Waals surface area contributed by atoms with Gasteiger partial charge in [0.25, 0.3) is 11.6 Å². The molecule has 9 heteroatoms.